The highest BCUT2D eigenvalue weighted by atomic mass is 32.2. The zero-order valence-corrected chi connectivity index (χ0v) is 11.9. The molecule has 3 heterocycles. The molecule has 0 amide bonds. The summed E-state index contributed by atoms with van der Waals surface area (Å²) in [6.07, 6.45) is 8.88. The van der Waals surface area contributed by atoms with E-state index >= 15 is 0 Å². The van der Waals surface area contributed by atoms with E-state index in [1.165, 1.54) is 12.5 Å². The van der Waals surface area contributed by atoms with E-state index in [4.69, 9.17) is 0 Å². The molecule has 0 radical (unpaired) electrons. The molecule has 0 spiro atoms. The molecule has 2 bridgehead atoms. The number of aromatic amines is 1. The van der Waals surface area contributed by atoms with E-state index in [0.29, 0.717) is 5.25 Å². The van der Waals surface area contributed by atoms with Crippen molar-refractivity contribution in [2.45, 2.75) is 48.0 Å². The van der Waals surface area contributed by atoms with Crippen LogP contribution in [0.5, 0.6) is 0 Å². The number of hydrogen-bond donors (Lipinski definition) is 1. The summed E-state index contributed by atoms with van der Waals surface area (Å²) in [5.41, 5.74) is 0. The lowest BCUT2D eigenvalue weighted by Gasteiger charge is -2.36. The smallest absolute Gasteiger partial charge is 0.260 e. The number of imidazole rings is 1. The van der Waals surface area contributed by atoms with Crippen molar-refractivity contribution in [3.63, 3.8) is 0 Å². The molecular weight excluding hydrogens is 270 g/mol. The molecule has 2 saturated heterocycles. The Labute approximate surface area is 111 Å². The van der Waals surface area contributed by atoms with Gasteiger partial charge in [0.05, 0.1) is 12.5 Å². The van der Waals surface area contributed by atoms with Crippen LogP contribution < -0.4 is 0 Å². The van der Waals surface area contributed by atoms with Gasteiger partial charge >= 0.3 is 0 Å². The van der Waals surface area contributed by atoms with Gasteiger partial charge in [-0.1, -0.05) is 0 Å². The van der Waals surface area contributed by atoms with Crippen LogP contribution in [0.15, 0.2) is 17.6 Å². The standard InChI is InChI=1S/C11H17N3O2S2/c1-17-10-4-8-2-3-9(5-10)14(8)18(15,16)11-6-12-7-13-11/h6-10H,2-5H2,1H3,(H,12,13). The van der Waals surface area contributed by atoms with Crippen molar-refractivity contribution >= 4 is 21.8 Å². The molecule has 2 fully saturated rings. The first kappa shape index (κ1) is 12.5. The van der Waals surface area contributed by atoms with Crippen molar-refractivity contribution in [1.82, 2.24) is 14.3 Å². The van der Waals surface area contributed by atoms with Gasteiger partial charge < -0.3 is 4.98 Å². The van der Waals surface area contributed by atoms with Crippen molar-refractivity contribution in [2.24, 2.45) is 0 Å². The minimum absolute atomic E-state index is 0.175. The predicted molar refractivity (Wildman–Crippen MR) is 71.0 cm³/mol. The van der Waals surface area contributed by atoms with Crippen molar-refractivity contribution < 1.29 is 8.42 Å². The molecule has 7 heteroatoms. The topological polar surface area (TPSA) is 66.1 Å². The lowest BCUT2D eigenvalue weighted by molar-refractivity contribution is 0.253. The van der Waals surface area contributed by atoms with Crippen LogP contribution in [0.4, 0.5) is 0 Å². The Hall–Kier alpha value is -0.530. The highest BCUT2D eigenvalue weighted by Gasteiger charge is 2.47. The number of aromatic nitrogens is 2. The minimum Gasteiger partial charge on any atom is -0.335 e. The van der Waals surface area contributed by atoms with Gasteiger partial charge in [-0.05, 0) is 31.9 Å². The second kappa shape index (κ2) is 4.54. The zero-order chi connectivity index (χ0) is 12.8. The summed E-state index contributed by atoms with van der Waals surface area (Å²) >= 11 is 1.86. The average Bonchev–Trinajstić information content (AvgIpc) is 2.97. The lowest BCUT2D eigenvalue weighted by atomic mass is 10.1. The van der Waals surface area contributed by atoms with E-state index in [9.17, 15) is 8.42 Å². The molecule has 0 saturated carbocycles. The third kappa shape index (κ3) is 1.88. The molecule has 2 aliphatic heterocycles. The Kier molecular flexibility index (Phi) is 3.15. The van der Waals surface area contributed by atoms with Gasteiger partial charge in [-0.15, -0.1) is 0 Å². The first-order chi connectivity index (χ1) is 8.63. The van der Waals surface area contributed by atoms with Crippen LogP contribution in [-0.4, -0.2) is 46.3 Å². The normalized spacial score (nSPS) is 32.8. The first-order valence-corrected chi connectivity index (χ1v) is 8.90. The molecule has 2 aliphatic rings. The van der Waals surface area contributed by atoms with Crippen molar-refractivity contribution in [2.75, 3.05) is 6.26 Å². The molecule has 1 N–H and O–H groups in total. The molecule has 1 aromatic rings. The SMILES string of the molecule is CSC1CC2CCC(C1)N2S(=O)(=O)c1cnc[nH]1. The van der Waals surface area contributed by atoms with Crippen LogP contribution in [0.3, 0.4) is 0 Å². The molecular formula is C11H17N3O2S2. The molecule has 100 valence electrons. The Bertz CT molecular complexity index is 500. The number of fused-ring (bicyclic) bond motifs is 2. The van der Waals surface area contributed by atoms with Gasteiger partial charge in [0.25, 0.3) is 10.0 Å². The molecule has 2 unspecified atom stereocenters. The van der Waals surface area contributed by atoms with E-state index < -0.39 is 10.0 Å². The lowest BCUT2D eigenvalue weighted by Crippen LogP contribution is -2.47. The van der Waals surface area contributed by atoms with Crippen LogP contribution in [-0.2, 0) is 10.0 Å². The van der Waals surface area contributed by atoms with E-state index in [1.807, 2.05) is 11.8 Å². The van der Waals surface area contributed by atoms with E-state index in [0.717, 1.165) is 25.7 Å². The predicted octanol–water partition coefficient (Wildman–Crippen LogP) is 1.46. The van der Waals surface area contributed by atoms with Crippen molar-refractivity contribution in [3.8, 4) is 0 Å². The number of rotatable bonds is 3. The van der Waals surface area contributed by atoms with E-state index in [-0.39, 0.29) is 17.1 Å². The average molecular weight is 287 g/mol. The third-order valence-corrected chi connectivity index (χ3v) is 6.97. The highest BCUT2D eigenvalue weighted by molar-refractivity contribution is 7.99. The minimum atomic E-state index is -3.38. The third-order valence-electron chi connectivity index (χ3n) is 3.98. The Morgan fingerprint density at radius 2 is 2.06 bits per heavy atom. The molecule has 2 atom stereocenters. The van der Waals surface area contributed by atoms with Crippen molar-refractivity contribution in [1.29, 1.82) is 0 Å². The first-order valence-electron chi connectivity index (χ1n) is 6.17. The fourth-order valence-corrected chi connectivity index (χ4v) is 5.79. The van der Waals surface area contributed by atoms with Crippen LogP contribution in [0.1, 0.15) is 25.7 Å². The largest absolute Gasteiger partial charge is 0.335 e. The Morgan fingerprint density at radius 1 is 1.39 bits per heavy atom. The zero-order valence-electron chi connectivity index (χ0n) is 10.2. The molecule has 1 aromatic heterocycles. The second-order valence-electron chi connectivity index (χ2n) is 4.96. The van der Waals surface area contributed by atoms with Crippen LogP contribution >= 0.6 is 11.8 Å². The van der Waals surface area contributed by atoms with Gasteiger partial charge in [0, 0.05) is 17.3 Å². The number of nitrogens with zero attached hydrogens (tertiary/aromatic N) is 2. The van der Waals surface area contributed by atoms with Gasteiger partial charge in [0.1, 0.15) is 0 Å². The van der Waals surface area contributed by atoms with Gasteiger partial charge in [-0.3, -0.25) is 0 Å². The number of H-pyrrole nitrogens is 1. The molecule has 0 aliphatic carbocycles. The summed E-state index contributed by atoms with van der Waals surface area (Å²) < 4.78 is 26.8. The van der Waals surface area contributed by atoms with Gasteiger partial charge in [-0.25, -0.2) is 13.4 Å². The maximum Gasteiger partial charge on any atom is 0.260 e. The van der Waals surface area contributed by atoms with Crippen LogP contribution in [0.25, 0.3) is 0 Å². The second-order valence-corrected chi connectivity index (χ2v) is 7.91. The maximum atomic E-state index is 12.6. The number of piperidine rings is 1. The monoisotopic (exact) mass is 287 g/mol. The van der Waals surface area contributed by atoms with Crippen LogP contribution in [0.2, 0.25) is 0 Å². The van der Waals surface area contributed by atoms with Gasteiger partial charge in [0.2, 0.25) is 0 Å². The van der Waals surface area contributed by atoms with Crippen molar-refractivity contribution in [3.05, 3.63) is 12.5 Å². The number of nitrogens with one attached hydrogen (secondary N) is 1. The summed E-state index contributed by atoms with van der Waals surface area (Å²) in [5, 5.41) is 0.831. The number of sulfonamides is 1. The quantitative estimate of drug-likeness (QED) is 0.914. The molecule has 3 rings (SSSR count). The molecule has 0 aromatic carbocycles. The van der Waals surface area contributed by atoms with E-state index in [2.05, 4.69) is 16.2 Å². The Balaban J connectivity index is 1.91. The summed E-state index contributed by atoms with van der Waals surface area (Å²) in [6.45, 7) is 0. The Morgan fingerprint density at radius 3 is 2.56 bits per heavy atom. The van der Waals surface area contributed by atoms with Gasteiger partial charge in [0.15, 0.2) is 5.03 Å². The maximum absolute atomic E-state index is 12.6. The summed E-state index contributed by atoms with van der Waals surface area (Å²) in [5.74, 6) is 0. The molecule has 5 nitrogen and oxygen atoms in total. The summed E-state index contributed by atoms with van der Waals surface area (Å²) in [7, 11) is -3.38. The number of thioether (sulfide) groups is 1. The fraction of sp³-hybridized carbons (Fsp3) is 0.727. The summed E-state index contributed by atoms with van der Waals surface area (Å²) in [6, 6.07) is 0.351. The summed E-state index contributed by atoms with van der Waals surface area (Å²) in [4.78, 5) is 6.54. The van der Waals surface area contributed by atoms with E-state index in [1.54, 1.807) is 4.31 Å². The highest BCUT2D eigenvalue weighted by Crippen LogP contribution is 2.42. The fourth-order valence-electron chi connectivity index (χ4n) is 3.17. The molecule has 18 heavy (non-hydrogen) atoms. The van der Waals surface area contributed by atoms with Gasteiger partial charge in [-0.2, -0.15) is 16.1 Å². The van der Waals surface area contributed by atoms with Crippen LogP contribution in [0, 0.1) is 0 Å². The number of hydrogen-bond acceptors (Lipinski definition) is 4.